The minimum Gasteiger partial charge on any atom is -0.349 e. The molecule has 2 rings (SSSR count). The lowest BCUT2D eigenvalue weighted by Crippen LogP contribution is -2.32. The molecule has 0 atom stereocenters. The first-order chi connectivity index (χ1) is 10.6. The summed E-state index contributed by atoms with van der Waals surface area (Å²) >= 11 is 0. The van der Waals surface area contributed by atoms with E-state index in [-0.39, 0.29) is 17.3 Å². The van der Waals surface area contributed by atoms with Crippen molar-refractivity contribution in [3.8, 4) is 5.69 Å². The number of nitro groups is 1. The largest absolute Gasteiger partial charge is 0.349 e. The van der Waals surface area contributed by atoms with Crippen LogP contribution in [0.25, 0.3) is 5.69 Å². The van der Waals surface area contributed by atoms with Crippen LogP contribution in [0.5, 0.6) is 0 Å². The molecule has 0 spiro atoms. The lowest BCUT2D eigenvalue weighted by atomic mass is 10.3. The molecule has 1 aromatic heterocycles. The Bertz CT molecular complexity index is 668. The molecule has 0 aliphatic rings. The third-order valence-corrected chi connectivity index (χ3v) is 2.96. The summed E-state index contributed by atoms with van der Waals surface area (Å²) in [5.74, 6) is -0.276. The number of nitrogens with zero attached hydrogens (tertiary/aromatic N) is 3. The summed E-state index contributed by atoms with van der Waals surface area (Å²) in [7, 11) is 0. The molecule has 0 radical (unpaired) electrons. The fourth-order valence-corrected chi connectivity index (χ4v) is 1.87. The summed E-state index contributed by atoms with van der Waals surface area (Å²) in [5, 5.41) is 20.8. The number of carbonyl (C=O) groups excluding carboxylic acids is 1. The third-order valence-electron chi connectivity index (χ3n) is 2.96. The topological polar surface area (TPSA) is 102 Å². The zero-order chi connectivity index (χ0) is 15.9. The highest BCUT2D eigenvalue weighted by Gasteiger charge is 2.11. The van der Waals surface area contributed by atoms with E-state index in [4.69, 9.17) is 0 Å². The predicted molar refractivity (Wildman–Crippen MR) is 81.1 cm³/mol. The summed E-state index contributed by atoms with van der Waals surface area (Å²) < 4.78 is 1.44. The number of hydrogen-bond donors (Lipinski definition) is 2. The molecule has 2 aromatic rings. The number of benzene rings is 1. The molecule has 0 aliphatic heterocycles. The van der Waals surface area contributed by atoms with Crippen LogP contribution in [-0.4, -0.2) is 40.2 Å². The Morgan fingerprint density at radius 3 is 2.91 bits per heavy atom. The van der Waals surface area contributed by atoms with Crippen LogP contribution in [0.3, 0.4) is 0 Å². The third kappa shape index (κ3) is 3.89. The summed E-state index contributed by atoms with van der Waals surface area (Å²) in [4.78, 5) is 22.2. The van der Waals surface area contributed by atoms with Gasteiger partial charge in [0, 0.05) is 31.4 Å². The number of non-ortho nitro benzene ring substituents is 1. The van der Waals surface area contributed by atoms with Gasteiger partial charge in [0.15, 0.2) is 5.69 Å². The monoisotopic (exact) mass is 303 g/mol. The summed E-state index contributed by atoms with van der Waals surface area (Å²) in [6.07, 6.45) is 1.60. The van der Waals surface area contributed by atoms with Crippen LogP contribution in [0.2, 0.25) is 0 Å². The second-order valence-electron chi connectivity index (χ2n) is 4.53. The number of likely N-dealkylation sites (N-methyl/N-ethyl adjacent to an activating group) is 1. The zero-order valence-corrected chi connectivity index (χ0v) is 12.2. The van der Waals surface area contributed by atoms with Crippen molar-refractivity contribution >= 4 is 11.6 Å². The van der Waals surface area contributed by atoms with E-state index in [0.717, 1.165) is 6.54 Å². The standard InChI is InChI=1S/C14H17N5O3/c1-2-15-7-8-16-14(20)13-6-9-18(17-13)11-4-3-5-12(10-11)19(21)22/h3-6,9-10,15H,2,7-8H2,1H3,(H,16,20). The number of amides is 1. The Hall–Kier alpha value is -2.74. The summed E-state index contributed by atoms with van der Waals surface area (Å²) in [6, 6.07) is 7.64. The van der Waals surface area contributed by atoms with Crippen LogP contribution in [0.1, 0.15) is 17.4 Å². The smallest absolute Gasteiger partial charge is 0.271 e. The Labute approximate surface area is 127 Å². The molecule has 0 saturated heterocycles. The van der Waals surface area contributed by atoms with Gasteiger partial charge in [-0.2, -0.15) is 5.10 Å². The van der Waals surface area contributed by atoms with Gasteiger partial charge in [0.1, 0.15) is 0 Å². The van der Waals surface area contributed by atoms with Crippen molar-refractivity contribution < 1.29 is 9.72 Å². The van der Waals surface area contributed by atoms with Crippen LogP contribution in [0.4, 0.5) is 5.69 Å². The molecule has 116 valence electrons. The molecule has 1 heterocycles. The van der Waals surface area contributed by atoms with E-state index in [2.05, 4.69) is 15.7 Å². The van der Waals surface area contributed by atoms with Gasteiger partial charge >= 0.3 is 0 Å². The van der Waals surface area contributed by atoms with Gasteiger partial charge in [-0.25, -0.2) is 4.68 Å². The van der Waals surface area contributed by atoms with Gasteiger partial charge in [0.2, 0.25) is 0 Å². The van der Waals surface area contributed by atoms with E-state index in [0.29, 0.717) is 18.8 Å². The Kier molecular flexibility index (Phi) is 5.21. The van der Waals surface area contributed by atoms with Gasteiger partial charge in [-0.15, -0.1) is 0 Å². The average Bonchev–Trinajstić information content (AvgIpc) is 3.01. The molecule has 1 aromatic carbocycles. The van der Waals surface area contributed by atoms with Crippen LogP contribution >= 0.6 is 0 Å². The van der Waals surface area contributed by atoms with Crippen LogP contribution in [-0.2, 0) is 0 Å². The van der Waals surface area contributed by atoms with Crippen molar-refractivity contribution in [1.29, 1.82) is 0 Å². The SMILES string of the molecule is CCNCCNC(=O)c1ccn(-c2cccc([N+](=O)[O-])c2)n1. The second-order valence-corrected chi connectivity index (χ2v) is 4.53. The highest BCUT2D eigenvalue weighted by atomic mass is 16.6. The zero-order valence-electron chi connectivity index (χ0n) is 12.2. The van der Waals surface area contributed by atoms with Gasteiger partial charge < -0.3 is 10.6 Å². The number of nitrogens with one attached hydrogen (secondary N) is 2. The van der Waals surface area contributed by atoms with Crippen molar-refractivity contribution in [1.82, 2.24) is 20.4 Å². The van der Waals surface area contributed by atoms with E-state index in [1.54, 1.807) is 24.4 Å². The van der Waals surface area contributed by atoms with Crippen molar-refractivity contribution in [2.24, 2.45) is 0 Å². The van der Waals surface area contributed by atoms with E-state index in [1.807, 2.05) is 6.92 Å². The molecule has 1 amide bonds. The second kappa shape index (κ2) is 7.32. The van der Waals surface area contributed by atoms with E-state index < -0.39 is 4.92 Å². The highest BCUT2D eigenvalue weighted by Crippen LogP contribution is 2.16. The number of nitro benzene ring substituents is 1. The molecular formula is C14H17N5O3. The lowest BCUT2D eigenvalue weighted by Gasteiger charge is -2.03. The highest BCUT2D eigenvalue weighted by molar-refractivity contribution is 5.92. The quantitative estimate of drug-likeness (QED) is 0.453. The maximum Gasteiger partial charge on any atom is 0.271 e. The van der Waals surface area contributed by atoms with E-state index in [9.17, 15) is 14.9 Å². The average molecular weight is 303 g/mol. The van der Waals surface area contributed by atoms with E-state index in [1.165, 1.54) is 16.8 Å². The summed E-state index contributed by atoms with van der Waals surface area (Å²) in [6.45, 7) is 4.03. The first-order valence-corrected chi connectivity index (χ1v) is 6.91. The molecule has 8 nitrogen and oxygen atoms in total. The predicted octanol–water partition coefficient (Wildman–Crippen LogP) is 1.12. The van der Waals surface area contributed by atoms with Crippen molar-refractivity contribution in [3.63, 3.8) is 0 Å². The van der Waals surface area contributed by atoms with Crippen molar-refractivity contribution in [2.45, 2.75) is 6.92 Å². The van der Waals surface area contributed by atoms with Crippen LogP contribution < -0.4 is 10.6 Å². The first-order valence-electron chi connectivity index (χ1n) is 6.91. The van der Waals surface area contributed by atoms with E-state index >= 15 is 0 Å². The minimum absolute atomic E-state index is 0.0235. The molecular weight excluding hydrogens is 286 g/mol. The lowest BCUT2D eigenvalue weighted by molar-refractivity contribution is -0.384. The van der Waals surface area contributed by atoms with Gasteiger partial charge in [-0.05, 0) is 18.7 Å². The minimum atomic E-state index is -0.471. The van der Waals surface area contributed by atoms with Crippen molar-refractivity contribution in [3.05, 3.63) is 52.3 Å². The van der Waals surface area contributed by atoms with Crippen LogP contribution in [0.15, 0.2) is 36.5 Å². The van der Waals surface area contributed by atoms with Crippen molar-refractivity contribution in [2.75, 3.05) is 19.6 Å². The molecule has 22 heavy (non-hydrogen) atoms. The molecule has 0 aliphatic carbocycles. The van der Waals surface area contributed by atoms with Gasteiger partial charge in [-0.3, -0.25) is 14.9 Å². The first kappa shape index (κ1) is 15.6. The molecule has 0 unspecified atom stereocenters. The Morgan fingerprint density at radius 1 is 1.36 bits per heavy atom. The summed E-state index contributed by atoms with van der Waals surface area (Å²) in [5.41, 5.74) is 0.772. The fourth-order valence-electron chi connectivity index (χ4n) is 1.87. The van der Waals surface area contributed by atoms with Gasteiger partial charge in [-0.1, -0.05) is 13.0 Å². The Balaban J connectivity index is 2.06. The fraction of sp³-hybridized carbons (Fsp3) is 0.286. The van der Waals surface area contributed by atoms with Gasteiger partial charge in [0.05, 0.1) is 10.6 Å². The molecule has 8 heteroatoms. The maximum atomic E-state index is 11.9. The van der Waals surface area contributed by atoms with Gasteiger partial charge in [0.25, 0.3) is 11.6 Å². The number of aromatic nitrogens is 2. The number of hydrogen-bond acceptors (Lipinski definition) is 5. The number of carbonyl (C=O) groups is 1. The maximum absolute atomic E-state index is 11.9. The number of rotatable bonds is 7. The Morgan fingerprint density at radius 2 is 2.18 bits per heavy atom. The molecule has 0 saturated carbocycles. The normalized spacial score (nSPS) is 10.4. The molecule has 0 fully saturated rings. The molecule has 0 bridgehead atoms. The molecule has 2 N–H and O–H groups in total. The van der Waals surface area contributed by atoms with Crippen LogP contribution in [0, 0.1) is 10.1 Å².